The highest BCUT2D eigenvalue weighted by atomic mass is 35.5. The second-order valence-corrected chi connectivity index (χ2v) is 5.39. The molecule has 0 aliphatic heterocycles. The molecule has 0 aliphatic carbocycles. The first kappa shape index (κ1) is 17.1. The molecule has 0 aromatic heterocycles. The predicted octanol–water partition coefficient (Wildman–Crippen LogP) is 6.47. The van der Waals surface area contributed by atoms with Crippen LogP contribution < -0.4 is 9.47 Å². The number of alkyl halides is 3. The standard InChI is InChI=1S/C14H8Cl3F3O2/c1-21-12-6-8(2-3-9(12)15)22-13-10(16)4-7(5-11(13)17)14(18,19)20/h2-6H,1H3. The second-order valence-electron chi connectivity index (χ2n) is 4.17. The summed E-state index contributed by atoms with van der Waals surface area (Å²) in [4.78, 5) is 0. The van der Waals surface area contributed by atoms with Crippen molar-refractivity contribution in [2.75, 3.05) is 7.11 Å². The maximum atomic E-state index is 12.7. The van der Waals surface area contributed by atoms with E-state index in [1.165, 1.54) is 25.3 Å². The molecule has 0 unspecified atom stereocenters. The Morgan fingerprint density at radius 2 is 1.50 bits per heavy atom. The Kier molecular flexibility index (Phi) is 5.00. The summed E-state index contributed by atoms with van der Waals surface area (Å²) in [5.41, 5.74) is -0.955. The van der Waals surface area contributed by atoms with Crippen LogP contribution in [0.4, 0.5) is 13.2 Å². The normalized spacial score (nSPS) is 11.4. The molecule has 0 bridgehead atoms. The van der Waals surface area contributed by atoms with Gasteiger partial charge in [-0.3, -0.25) is 0 Å². The van der Waals surface area contributed by atoms with Gasteiger partial charge < -0.3 is 9.47 Å². The van der Waals surface area contributed by atoms with E-state index in [1.54, 1.807) is 0 Å². The van der Waals surface area contributed by atoms with E-state index >= 15 is 0 Å². The van der Waals surface area contributed by atoms with Crippen molar-refractivity contribution < 1.29 is 22.6 Å². The third-order valence-corrected chi connectivity index (χ3v) is 3.54. The third kappa shape index (κ3) is 3.72. The molecule has 2 aromatic carbocycles. The number of benzene rings is 2. The summed E-state index contributed by atoms with van der Waals surface area (Å²) >= 11 is 17.5. The van der Waals surface area contributed by atoms with Gasteiger partial charge in [0.05, 0.1) is 27.7 Å². The Morgan fingerprint density at radius 1 is 0.909 bits per heavy atom. The Morgan fingerprint density at radius 3 is 2.00 bits per heavy atom. The van der Waals surface area contributed by atoms with Gasteiger partial charge in [0.1, 0.15) is 11.5 Å². The van der Waals surface area contributed by atoms with Gasteiger partial charge in [-0.05, 0) is 24.3 Å². The lowest BCUT2D eigenvalue weighted by Gasteiger charge is -2.14. The summed E-state index contributed by atoms with van der Waals surface area (Å²) in [6, 6.07) is 5.98. The molecule has 0 saturated carbocycles. The molecule has 0 radical (unpaired) electrons. The molecule has 2 aromatic rings. The Bertz CT molecular complexity index is 679. The summed E-state index contributed by atoms with van der Waals surface area (Å²) in [7, 11) is 1.42. The zero-order valence-corrected chi connectivity index (χ0v) is 13.2. The molecule has 0 aliphatic rings. The van der Waals surface area contributed by atoms with Crippen molar-refractivity contribution in [2.45, 2.75) is 6.18 Å². The average Bonchev–Trinajstić information content (AvgIpc) is 2.43. The Balaban J connectivity index is 2.38. The van der Waals surface area contributed by atoms with Crippen LogP contribution >= 0.6 is 34.8 Å². The maximum absolute atomic E-state index is 12.7. The van der Waals surface area contributed by atoms with Crippen LogP contribution in [-0.2, 0) is 6.18 Å². The number of methoxy groups -OCH3 is 1. The van der Waals surface area contributed by atoms with Crippen molar-refractivity contribution in [3.63, 3.8) is 0 Å². The van der Waals surface area contributed by atoms with Crippen LogP contribution in [-0.4, -0.2) is 7.11 Å². The van der Waals surface area contributed by atoms with Crippen molar-refractivity contribution in [3.05, 3.63) is 51.0 Å². The Hall–Kier alpha value is -1.30. The molecule has 2 nitrogen and oxygen atoms in total. The van der Waals surface area contributed by atoms with Gasteiger partial charge in [-0.25, -0.2) is 0 Å². The van der Waals surface area contributed by atoms with Gasteiger partial charge in [0.2, 0.25) is 0 Å². The first-order valence-electron chi connectivity index (χ1n) is 5.80. The average molecular weight is 372 g/mol. The zero-order chi connectivity index (χ0) is 16.5. The highest BCUT2D eigenvalue weighted by molar-refractivity contribution is 6.37. The summed E-state index contributed by atoms with van der Waals surface area (Å²) in [6.45, 7) is 0. The predicted molar refractivity (Wildman–Crippen MR) is 79.5 cm³/mol. The molecule has 0 N–H and O–H groups in total. The largest absolute Gasteiger partial charge is 0.495 e. The molecule has 0 saturated heterocycles. The highest BCUT2D eigenvalue weighted by Gasteiger charge is 2.32. The number of rotatable bonds is 3. The lowest BCUT2D eigenvalue weighted by Crippen LogP contribution is -2.05. The lowest BCUT2D eigenvalue weighted by molar-refractivity contribution is -0.137. The topological polar surface area (TPSA) is 18.5 Å². The molecule has 118 valence electrons. The van der Waals surface area contributed by atoms with Crippen molar-refractivity contribution in [3.8, 4) is 17.2 Å². The monoisotopic (exact) mass is 370 g/mol. The van der Waals surface area contributed by atoms with Gasteiger partial charge in [0.25, 0.3) is 0 Å². The third-order valence-electron chi connectivity index (χ3n) is 2.67. The van der Waals surface area contributed by atoms with Gasteiger partial charge >= 0.3 is 6.18 Å². The first-order chi connectivity index (χ1) is 10.2. The molecule has 0 fully saturated rings. The number of halogens is 6. The van der Waals surface area contributed by atoms with E-state index in [1.807, 2.05) is 0 Å². The van der Waals surface area contributed by atoms with E-state index in [2.05, 4.69) is 0 Å². The molecule has 8 heteroatoms. The highest BCUT2D eigenvalue weighted by Crippen LogP contribution is 2.42. The fraction of sp³-hybridized carbons (Fsp3) is 0.143. The van der Waals surface area contributed by atoms with Crippen molar-refractivity contribution in [1.29, 1.82) is 0 Å². The van der Waals surface area contributed by atoms with Gasteiger partial charge in [-0.2, -0.15) is 13.2 Å². The number of ether oxygens (including phenoxy) is 2. The van der Waals surface area contributed by atoms with Crippen LogP contribution in [0, 0.1) is 0 Å². The minimum atomic E-state index is -4.55. The molecule has 2 rings (SSSR count). The van der Waals surface area contributed by atoms with E-state index in [4.69, 9.17) is 44.3 Å². The minimum Gasteiger partial charge on any atom is -0.495 e. The van der Waals surface area contributed by atoms with Gasteiger partial charge in [-0.15, -0.1) is 0 Å². The lowest BCUT2D eigenvalue weighted by atomic mass is 10.2. The molecular weight excluding hydrogens is 364 g/mol. The fourth-order valence-corrected chi connectivity index (χ4v) is 2.40. The summed E-state index contributed by atoms with van der Waals surface area (Å²) in [5.74, 6) is 0.531. The van der Waals surface area contributed by atoms with Crippen LogP contribution in [0.5, 0.6) is 17.2 Å². The van der Waals surface area contributed by atoms with Crippen molar-refractivity contribution in [2.24, 2.45) is 0 Å². The van der Waals surface area contributed by atoms with E-state index in [0.29, 0.717) is 10.8 Å². The van der Waals surface area contributed by atoms with Crippen LogP contribution in [0.15, 0.2) is 30.3 Å². The van der Waals surface area contributed by atoms with Crippen LogP contribution in [0.3, 0.4) is 0 Å². The van der Waals surface area contributed by atoms with Gasteiger partial charge in [0, 0.05) is 6.07 Å². The smallest absolute Gasteiger partial charge is 0.416 e. The minimum absolute atomic E-state index is 0.0827. The van der Waals surface area contributed by atoms with Crippen molar-refractivity contribution >= 4 is 34.8 Å². The maximum Gasteiger partial charge on any atom is 0.416 e. The molecule has 0 spiro atoms. The SMILES string of the molecule is COc1cc(Oc2c(Cl)cc(C(F)(F)F)cc2Cl)ccc1Cl. The zero-order valence-electron chi connectivity index (χ0n) is 11.0. The summed E-state index contributed by atoms with van der Waals surface area (Å²) in [6.07, 6.45) is -4.55. The molecule has 0 heterocycles. The summed E-state index contributed by atoms with van der Waals surface area (Å²) in [5, 5.41) is -0.151. The first-order valence-corrected chi connectivity index (χ1v) is 6.93. The quantitative estimate of drug-likeness (QED) is 0.616. The second kappa shape index (κ2) is 6.44. The number of hydrogen-bond acceptors (Lipinski definition) is 2. The molecule has 0 atom stereocenters. The van der Waals surface area contributed by atoms with Crippen LogP contribution in [0.25, 0.3) is 0 Å². The van der Waals surface area contributed by atoms with E-state index in [9.17, 15) is 13.2 Å². The van der Waals surface area contributed by atoms with Gasteiger partial charge in [0.15, 0.2) is 5.75 Å². The number of hydrogen-bond donors (Lipinski definition) is 0. The molecule has 0 amide bonds. The molecular formula is C14H8Cl3F3O2. The van der Waals surface area contributed by atoms with E-state index < -0.39 is 11.7 Å². The van der Waals surface area contributed by atoms with Crippen LogP contribution in [0.1, 0.15) is 5.56 Å². The fourth-order valence-electron chi connectivity index (χ4n) is 1.64. The molecule has 22 heavy (non-hydrogen) atoms. The van der Waals surface area contributed by atoms with E-state index in [-0.39, 0.29) is 21.5 Å². The van der Waals surface area contributed by atoms with E-state index in [0.717, 1.165) is 12.1 Å². The Labute approximate surface area is 139 Å². The van der Waals surface area contributed by atoms with Crippen LogP contribution in [0.2, 0.25) is 15.1 Å². The van der Waals surface area contributed by atoms with Gasteiger partial charge in [-0.1, -0.05) is 34.8 Å². The summed E-state index contributed by atoms with van der Waals surface area (Å²) < 4.78 is 48.4. The van der Waals surface area contributed by atoms with Crippen molar-refractivity contribution in [1.82, 2.24) is 0 Å².